The Kier molecular flexibility index (Phi) is 2.53. The molecule has 0 atom stereocenters. The van der Waals surface area contributed by atoms with E-state index in [4.69, 9.17) is 10.2 Å². The lowest BCUT2D eigenvalue weighted by Crippen LogP contribution is -1.99. The minimum absolute atomic E-state index is 0.407. The number of aromatic amines is 1. The van der Waals surface area contributed by atoms with Gasteiger partial charge in [-0.1, -0.05) is 0 Å². The van der Waals surface area contributed by atoms with E-state index in [0.29, 0.717) is 17.6 Å². The molecule has 0 amide bonds. The minimum Gasteiger partial charge on any atom is -0.408 e. The second-order valence-electron chi connectivity index (χ2n) is 4.47. The Bertz CT molecular complexity index is 810. The summed E-state index contributed by atoms with van der Waals surface area (Å²) in [6.07, 6.45) is 0. The number of benzene rings is 1. The number of fused-ring (bicyclic) bond motifs is 1. The van der Waals surface area contributed by atoms with E-state index in [2.05, 4.69) is 10.1 Å². The molecular weight excluding hydrogens is 244 g/mol. The van der Waals surface area contributed by atoms with Gasteiger partial charge in [-0.05, 0) is 30.7 Å². The molecule has 0 spiro atoms. The van der Waals surface area contributed by atoms with E-state index in [9.17, 15) is 4.79 Å². The number of aromatic nitrogens is 3. The molecule has 3 N–H and O–H groups in total. The summed E-state index contributed by atoms with van der Waals surface area (Å²) in [6, 6.07) is 5.56. The van der Waals surface area contributed by atoms with Crippen LogP contribution in [0.15, 0.2) is 27.4 Å². The molecule has 0 bridgehead atoms. The highest BCUT2D eigenvalue weighted by Gasteiger charge is 2.14. The molecule has 6 heteroatoms. The van der Waals surface area contributed by atoms with Crippen LogP contribution < -0.4 is 11.5 Å². The summed E-state index contributed by atoms with van der Waals surface area (Å²) in [4.78, 5) is 13.8. The summed E-state index contributed by atoms with van der Waals surface area (Å²) < 4.78 is 6.79. The first-order chi connectivity index (χ1) is 9.10. The molecule has 1 aromatic carbocycles. The van der Waals surface area contributed by atoms with E-state index in [0.717, 1.165) is 22.5 Å². The maximum absolute atomic E-state index is 11.2. The van der Waals surface area contributed by atoms with Gasteiger partial charge in [-0.2, -0.15) is 5.10 Å². The monoisotopic (exact) mass is 258 g/mol. The van der Waals surface area contributed by atoms with Gasteiger partial charge < -0.3 is 10.2 Å². The van der Waals surface area contributed by atoms with E-state index in [1.54, 1.807) is 10.7 Å². The fraction of sp³-hybridized carbons (Fsp3) is 0.231. The molecule has 0 fully saturated rings. The van der Waals surface area contributed by atoms with Gasteiger partial charge in [0, 0.05) is 19.2 Å². The van der Waals surface area contributed by atoms with Crippen molar-refractivity contribution in [2.75, 3.05) is 0 Å². The van der Waals surface area contributed by atoms with Gasteiger partial charge in [-0.25, -0.2) is 4.79 Å². The van der Waals surface area contributed by atoms with E-state index in [-0.39, 0.29) is 0 Å². The van der Waals surface area contributed by atoms with Crippen LogP contribution in [0.5, 0.6) is 0 Å². The molecule has 98 valence electrons. The Morgan fingerprint density at radius 1 is 1.47 bits per heavy atom. The van der Waals surface area contributed by atoms with Crippen LogP contribution in [0, 0.1) is 6.92 Å². The number of H-pyrrole nitrogens is 1. The average molecular weight is 258 g/mol. The summed E-state index contributed by atoms with van der Waals surface area (Å²) >= 11 is 0. The van der Waals surface area contributed by atoms with E-state index in [1.165, 1.54) is 0 Å². The Hall–Kier alpha value is -2.34. The minimum atomic E-state index is -0.448. The smallest absolute Gasteiger partial charge is 0.408 e. The van der Waals surface area contributed by atoms with Gasteiger partial charge >= 0.3 is 5.76 Å². The predicted molar refractivity (Wildman–Crippen MR) is 71.7 cm³/mol. The fourth-order valence-corrected chi connectivity index (χ4v) is 2.38. The lowest BCUT2D eigenvalue weighted by Gasteiger charge is -2.03. The Morgan fingerprint density at radius 3 is 2.95 bits per heavy atom. The summed E-state index contributed by atoms with van der Waals surface area (Å²) in [5.74, 6) is -0.448. The van der Waals surface area contributed by atoms with Crippen molar-refractivity contribution in [1.29, 1.82) is 0 Å². The van der Waals surface area contributed by atoms with E-state index >= 15 is 0 Å². The number of nitrogens with one attached hydrogen (secondary N) is 1. The highest BCUT2D eigenvalue weighted by Crippen LogP contribution is 2.27. The molecule has 3 aromatic rings. The maximum Gasteiger partial charge on any atom is 0.417 e. The second-order valence-corrected chi connectivity index (χ2v) is 4.47. The van der Waals surface area contributed by atoms with Crippen LogP contribution in [-0.4, -0.2) is 14.8 Å². The van der Waals surface area contributed by atoms with Crippen molar-refractivity contribution in [2.45, 2.75) is 13.5 Å². The first-order valence-electron chi connectivity index (χ1n) is 5.96. The van der Waals surface area contributed by atoms with Crippen molar-refractivity contribution in [3.8, 4) is 11.3 Å². The molecule has 0 aliphatic rings. The molecule has 2 aromatic heterocycles. The predicted octanol–water partition coefficient (Wildman–Crippen LogP) is 1.29. The molecule has 0 unspecified atom stereocenters. The molecule has 0 aliphatic carbocycles. The molecule has 2 heterocycles. The van der Waals surface area contributed by atoms with Crippen molar-refractivity contribution in [2.24, 2.45) is 12.8 Å². The Labute approximate surface area is 108 Å². The van der Waals surface area contributed by atoms with Crippen molar-refractivity contribution in [3.05, 3.63) is 40.0 Å². The zero-order valence-corrected chi connectivity index (χ0v) is 10.7. The third kappa shape index (κ3) is 1.77. The molecular formula is C13H14N4O2. The van der Waals surface area contributed by atoms with Crippen LogP contribution in [0.25, 0.3) is 22.4 Å². The van der Waals surface area contributed by atoms with Gasteiger partial charge in [-0.3, -0.25) is 9.67 Å². The van der Waals surface area contributed by atoms with Crippen LogP contribution in [0.4, 0.5) is 0 Å². The normalized spacial score (nSPS) is 11.3. The second kappa shape index (κ2) is 4.10. The Balaban J connectivity index is 2.23. The quantitative estimate of drug-likeness (QED) is 0.724. The maximum atomic E-state index is 11.2. The molecule has 0 radical (unpaired) electrons. The largest absolute Gasteiger partial charge is 0.417 e. The molecule has 19 heavy (non-hydrogen) atoms. The zero-order chi connectivity index (χ0) is 13.6. The summed E-state index contributed by atoms with van der Waals surface area (Å²) in [5, 5.41) is 4.39. The van der Waals surface area contributed by atoms with Crippen LogP contribution in [0.3, 0.4) is 0 Å². The van der Waals surface area contributed by atoms with E-state index in [1.807, 2.05) is 26.1 Å². The van der Waals surface area contributed by atoms with Gasteiger partial charge in [-0.15, -0.1) is 0 Å². The van der Waals surface area contributed by atoms with Crippen molar-refractivity contribution >= 4 is 11.1 Å². The molecule has 6 nitrogen and oxygen atoms in total. The first kappa shape index (κ1) is 11.7. The number of nitrogens with zero attached hydrogens (tertiary/aromatic N) is 2. The third-order valence-electron chi connectivity index (χ3n) is 3.27. The van der Waals surface area contributed by atoms with E-state index < -0.39 is 5.76 Å². The lowest BCUT2D eigenvalue weighted by atomic mass is 10.1. The number of aryl methyl sites for hydroxylation is 1. The highest BCUT2D eigenvalue weighted by molar-refractivity contribution is 5.80. The van der Waals surface area contributed by atoms with Crippen LogP contribution in [-0.2, 0) is 13.6 Å². The topological polar surface area (TPSA) is 89.8 Å². The lowest BCUT2D eigenvalue weighted by molar-refractivity contribution is 0.555. The zero-order valence-electron chi connectivity index (χ0n) is 10.7. The summed E-state index contributed by atoms with van der Waals surface area (Å²) in [7, 11) is 1.88. The van der Waals surface area contributed by atoms with Crippen LogP contribution in [0.1, 0.15) is 11.3 Å². The summed E-state index contributed by atoms with van der Waals surface area (Å²) in [5.41, 5.74) is 10.8. The number of hydrogen-bond donors (Lipinski definition) is 2. The van der Waals surface area contributed by atoms with Crippen molar-refractivity contribution in [3.63, 3.8) is 0 Å². The standard InChI is InChI=1S/C13H14N4O2/c1-7-10(6-14)16-17(2)12(7)8-3-4-11-9(5-8)15-13(18)19-11/h3-5H,6,14H2,1-2H3,(H,15,18). The molecule has 3 rings (SSSR count). The number of oxazole rings is 1. The van der Waals surface area contributed by atoms with Gasteiger partial charge in [0.25, 0.3) is 0 Å². The number of rotatable bonds is 2. The number of nitrogens with two attached hydrogens (primary N) is 1. The average Bonchev–Trinajstić information content (AvgIpc) is 2.87. The molecule has 0 aliphatic heterocycles. The Morgan fingerprint density at radius 2 is 2.26 bits per heavy atom. The van der Waals surface area contributed by atoms with Gasteiger partial charge in [0.05, 0.1) is 16.9 Å². The van der Waals surface area contributed by atoms with Gasteiger partial charge in [0.1, 0.15) is 0 Å². The van der Waals surface area contributed by atoms with Crippen molar-refractivity contribution in [1.82, 2.24) is 14.8 Å². The van der Waals surface area contributed by atoms with Crippen LogP contribution in [0.2, 0.25) is 0 Å². The highest BCUT2D eigenvalue weighted by atomic mass is 16.4. The third-order valence-corrected chi connectivity index (χ3v) is 3.27. The van der Waals surface area contributed by atoms with Gasteiger partial charge in [0.15, 0.2) is 5.58 Å². The molecule has 0 saturated heterocycles. The van der Waals surface area contributed by atoms with Crippen LogP contribution >= 0.6 is 0 Å². The fourth-order valence-electron chi connectivity index (χ4n) is 2.38. The summed E-state index contributed by atoms with van der Waals surface area (Å²) in [6.45, 7) is 2.40. The number of hydrogen-bond acceptors (Lipinski definition) is 4. The molecule has 0 saturated carbocycles. The van der Waals surface area contributed by atoms with Crippen molar-refractivity contribution < 1.29 is 4.42 Å². The SMILES string of the molecule is Cc1c(CN)nn(C)c1-c1ccc2oc(=O)[nH]c2c1. The van der Waals surface area contributed by atoms with Gasteiger partial charge in [0.2, 0.25) is 0 Å². The first-order valence-corrected chi connectivity index (χ1v) is 5.96.